The minimum Gasteiger partial charge on any atom is -0.293 e. The van der Waals surface area contributed by atoms with Gasteiger partial charge >= 0.3 is 0 Å². The van der Waals surface area contributed by atoms with E-state index in [1.54, 1.807) is 0 Å². The van der Waals surface area contributed by atoms with E-state index in [9.17, 15) is 4.79 Å². The van der Waals surface area contributed by atoms with E-state index in [-0.39, 0.29) is 4.75 Å². The third-order valence-corrected chi connectivity index (χ3v) is 3.65. The Morgan fingerprint density at radius 1 is 1.38 bits per heavy atom. The normalized spacial score (nSPS) is 17.8. The summed E-state index contributed by atoms with van der Waals surface area (Å²) < 4.78 is 0.205. The fraction of sp³-hybridized carbons (Fsp3) is 0.833. The van der Waals surface area contributed by atoms with Crippen molar-refractivity contribution >= 4 is 16.5 Å². The van der Waals surface area contributed by atoms with E-state index in [1.807, 2.05) is 6.26 Å². The SMILES string of the molecule is C[SH](C=O)C(C)(C)C. The van der Waals surface area contributed by atoms with Crippen LogP contribution < -0.4 is 0 Å². The van der Waals surface area contributed by atoms with Gasteiger partial charge in [0.15, 0.2) is 5.62 Å². The summed E-state index contributed by atoms with van der Waals surface area (Å²) in [6.45, 7) is 6.27. The standard InChI is InChI=1S/C6H14OS/c1-6(2,3)8(4)5-7/h5,8H,1-4H3. The van der Waals surface area contributed by atoms with Crippen LogP contribution in [0.2, 0.25) is 0 Å². The number of rotatable bonds is 1. The van der Waals surface area contributed by atoms with Crippen molar-refractivity contribution in [2.75, 3.05) is 6.26 Å². The molecule has 0 aromatic carbocycles. The van der Waals surface area contributed by atoms with Gasteiger partial charge < -0.3 is 0 Å². The first-order chi connectivity index (χ1) is 3.48. The highest BCUT2D eigenvalue weighted by atomic mass is 32.2. The molecule has 0 N–H and O–H groups in total. The molecule has 0 heterocycles. The van der Waals surface area contributed by atoms with Gasteiger partial charge in [0.25, 0.3) is 0 Å². The number of hydrogen-bond donors (Lipinski definition) is 1. The van der Waals surface area contributed by atoms with Crippen LogP contribution in [0.25, 0.3) is 0 Å². The van der Waals surface area contributed by atoms with Crippen molar-refractivity contribution in [1.82, 2.24) is 0 Å². The van der Waals surface area contributed by atoms with Crippen LogP contribution in [-0.2, 0) is 4.79 Å². The molecule has 0 bridgehead atoms. The molecule has 0 aromatic heterocycles. The third kappa shape index (κ3) is 2.36. The monoisotopic (exact) mass is 134 g/mol. The molecule has 1 nitrogen and oxygen atoms in total. The van der Waals surface area contributed by atoms with Gasteiger partial charge in [-0.25, -0.2) is 0 Å². The lowest BCUT2D eigenvalue weighted by Crippen LogP contribution is -2.13. The molecule has 0 aliphatic heterocycles. The Morgan fingerprint density at radius 2 is 1.75 bits per heavy atom. The molecular formula is C6H14OS. The topological polar surface area (TPSA) is 17.1 Å². The highest BCUT2D eigenvalue weighted by Gasteiger charge is 2.14. The molecule has 0 saturated heterocycles. The van der Waals surface area contributed by atoms with E-state index >= 15 is 0 Å². The highest BCUT2D eigenvalue weighted by molar-refractivity contribution is 8.28. The lowest BCUT2D eigenvalue weighted by Gasteiger charge is -2.25. The lowest BCUT2D eigenvalue weighted by molar-refractivity contribution is 0.569. The van der Waals surface area contributed by atoms with Crippen molar-refractivity contribution in [1.29, 1.82) is 0 Å². The Balaban J connectivity index is 3.80. The van der Waals surface area contributed by atoms with E-state index < -0.39 is 10.9 Å². The Hall–Kier alpha value is 0.0200. The Kier molecular flexibility index (Phi) is 2.54. The summed E-state index contributed by atoms with van der Waals surface area (Å²) in [4.78, 5) is 10.2. The first kappa shape index (κ1) is 8.02. The number of carbonyl (C=O) groups is 1. The van der Waals surface area contributed by atoms with Crippen LogP contribution in [0.1, 0.15) is 20.8 Å². The Bertz CT molecular complexity index is 83.0. The summed E-state index contributed by atoms with van der Waals surface area (Å²) in [6, 6.07) is 0. The van der Waals surface area contributed by atoms with Crippen molar-refractivity contribution in [3.05, 3.63) is 0 Å². The Morgan fingerprint density at radius 3 is 1.75 bits per heavy atom. The minimum atomic E-state index is -0.400. The van der Waals surface area contributed by atoms with Gasteiger partial charge in [0, 0.05) is 0 Å². The van der Waals surface area contributed by atoms with Crippen LogP contribution in [-0.4, -0.2) is 16.6 Å². The van der Waals surface area contributed by atoms with Crippen LogP contribution in [0.15, 0.2) is 0 Å². The van der Waals surface area contributed by atoms with E-state index in [0.717, 1.165) is 5.62 Å². The fourth-order valence-electron chi connectivity index (χ4n) is 0.158. The van der Waals surface area contributed by atoms with Gasteiger partial charge in [-0.2, -0.15) is 10.9 Å². The zero-order valence-electron chi connectivity index (χ0n) is 5.93. The molecule has 2 heteroatoms. The summed E-state index contributed by atoms with van der Waals surface area (Å²) in [5.41, 5.74) is 1.06. The smallest absolute Gasteiger partial charge is 0.156 e. The van der Waals surface area contributed by atoms with Gasteiger partial charge in [-0.3, -0.25) is 4.79 Å². The second-order valence-corrected chi connectivity index (χ2v) is 5.66. The number of carbonyl (C=O) groups excluding carboxylic acids is 1. The predicted octanol–water partition coefficient (Wildman–Crippen LogP) is 1.61. The summed E-state index contributed by atoms with van der Waals surface area (Å²) in [5.74, 6) is 0. The minimum absolute atomic E-state index is 0.205. The quantitative estimate of drug-likeness (QED) is 0.426. The first-order valence-corrected chi connectivity index (χ1v) is 4.52. The lowest BCUT2D eigenvalue weighted by atomic mass is 10.3. The van der Waals surface area contributed by atoms with Crippen molar-refractivity contribution < 1.29 is 4.79 Å². The maximum absolute atomic E-state index is 10.2. The van der Waals surface area contributed by atoms with Gasteiger partial charge in [-0.05, 0) is 11.0 Å². The summed E-state index contributed by atoms with van der Waals surface area (Å²) in [7, 11) is -0.400. The second-order valence-electron chi connectivity index (χ2n) is 2.89. The predicted molar refractivity (Wildman–Crippen MR) is 41.4 cm³/mol. The molecule has 0 aliphatic carbocycles. The maximum Gasteiger partial charge on any atom is 0.156 e. The van der Waals surface area contributed by atoms with Crippen LogP contribution >= 0.6 is 10.9 Å². The molecule has 0 aromatic rings. The van der Waals surface area contributed by atoms with Crippen LogP contribution in [0, 0.1) is 0 Å². The van der Waals surface area contributed by atoms with Crippen molar-refractivity contribution in [3.63, 3.8) is 0 Å². The number of thiol groups is 1. The average Bonchev–Trinajstić information content (AvgIpc) is 1.62. The molecule has 0 spiro atoms. The zero-order chi connectivity index (χ0) is 6.78. The summed E-state index contributed by atoms with van der Waals surface area (Å²) in [5, 5.41) is 0. The van der Waals surface area contributed by atoms with E-state index in [0.29, 0.717) is 0 Å². The van der Waals surface area contributed by atoms with Gasteiger partial charge in [-0.1, -0.05) is 20.8 Å². The molecule has 50 valence electrons. The average molecular weight is 134 g/mol. The van der Waals surface area contributed by atoms with Crippen LogP contribution in [0.5, 0.6) is 0 Å². The molecular weight excluding hydrogens is 120 g/mol. The van der Waals surface area contributed by atoms with Crippen LogP contribution in [0.3, 0.4) is 0 Å². The molecule has 0 aliphatic rings. The Labute approximate surface area is 53.8 Å². The third-order valence-electron chi connectivity index (χ3n) is 1.22. The van der Waals surface area contributed by atoms with Crippen molar-refractivity contribution in [3.8, 4) is 0 Å². The molecule has 8 heavy (non-hydrogen) atoms. The molecule has 0 radical (unpaired) electrons. The van der Waals surface area contributed by atoms with Gasteiger partial charge in [0.2, 0.25) is 0 Å². The van der Waals surface area contributed by atoms with E-state index in [1.165, 1.54) is 0 Å². The number of hydrogen-bond acceptors (Lipinski definition) is 1. The fourth-order valence-corrected chi connectivity index (χ4v) is 0.474. The summed E-state index contributed by atoms with van der Waals surface area (Å²) in [6.07, 6.45) is 2.00. The van der Waals surface area contributed by atoms with E-state index in [4.69, 9.17) is 0 Å². The van der Waals surface area contributed by atoms with Crippen molar-refractivity contribution in [2.45, 2.75) is 25.5 Å². The molecule has 0 rings (SSSR count). The van der Waals surface area contributed by atoms with Gasteiger partial charge in [-0.15, -0.1) is 0 Å². The van der Waals surface area contributed by atoms with Gasteiger partial charge in [0.05, 0.1) is 0 Å². The molecule has 1 atom stereocenters. The molecule has 0 amide bonds. The largest absolute Gasteiger partial charge is 0.293 e. The van der Waals surface area contributed by atoms with Crippen LogP contribution in [0.4, 0.5) is 0 Å². The molecule has 0 saturated carbocycles. The summed E-state index contributed by atoms with van der Waals surface area (Å²) >= 11 is 0. The first-order valence-electron chi connectivity index (χ1n) is 2.66. The zero-order valence-corrected chi connectivity index (χ0v) is 6.83. The molecule has 0 fully saturated rings. The van der Waals surface area contributed by atoms with E-state index in [2.05, 4.69) is 20.8 Å². The second kappa shape index (κ2) is 2.53. The maximum atomic E-state index is 10.2. The van der Waals surface area contributed by atoms with Crippen molar-refractivity contribution in [2.24, 2.45) is 0 Å². The molecule has 1 unspecified atom stereocenters. The highest BCUT2D eigenvalue weighted by Crippen LogP contribution is 2.33. The van der Waals surface area contributed by atoms with Gasteiger partial charge in [0.1, 0.15) is 0 Å².